The molecule has 1 unspecified atom stereocenters. The van der Waals surface area contributed by atoms with Crippen molar-refractivity contribution in [1.29, 1.82) is 0 Å². The van der Waals surface area contributed by atoms with Crippen LogP contribution in [0.1, 0.15) is 29.3 Å². The first-order valence-corrected chi connectivity index (χ1v) is 9.76. The highest BCUT2D eigenvalue weighted by Crippen LogP contribution is 2.39. The van der Waals surface area contributed by atoms with Crippen molar-refractivity contribution >= 4 is 11.7 Å². The predicted molar refractivity (Wildman–Crippen MR) is 111 cm³/mol. The van der Waals surface area contributed by atoms with Crippen molar-refractivity contribution in [2.24, 2.45) is 0 Å². The molecule has 0 saturated carbocycles. The highest BCUT2D eigenvalue weighted by atomic mass is 16.3. The number of hydrogen-bond acceptors (Lipinski definition) is 5. The fourth-order valence-corrected chi connectivity index (χ4v) is 3.70. The number of pyridine rings is 2. The number of hydrogen-bond donors (Lipinski definition) is 1. The molecule has 1 atom stereocenters. The fraction of sp³-hybridized carbons (Fsp3) is 0.167. The zero-order valence-corrected chi connectivity index (χ0v) is 16.3. The highest BCUT2D eigenvalue weighted by molar-refractivity contribution is 6.08. The Labute approximate surface area is 174 Å². The van der Waals surface area contributed by atoms with Gasteiger partial charge in [-0.05, 0) is 41.8 Å². The third-order valence-corrected chi connectivity index (χ3v) is 5.17. The van der Waals surface area contributed by atoms with E-state index in [1.807, 2.05) is 42.5 Å². The van der Waals surface area contributed by atoms with Gasteiger partial charge in [0, 0.05) is 25.0 Å². The van der Waals surface area contributed by atoms with Crippen molar-refractivity contribution in [1.82, 2.24) is 14.9 Å². The number of aliphatic hydroxyl groups is 1. The third-order valence-electron chi connectivity index (χ3n) is 5.17. The molecule has 1 N–H and O–H groups in total. The van der Waals surface area contributed by atoms with Gasteiger partial charge < -0.3 is 10.0 Å². The Morgan fingerprint density at radius 2 is 1.70 bits per heavy atom. The maximum atomic E-state index is 13.1. The molecule has 3 aromatic rings. The van der Waals surface area contributed by atoms with E-state index in [1.54, 1.807) is 36.8 Å². The van der Waals surface area contributed by atoms with E-state index in [4.69, 9.17) is 0 Å². The molecule has 0 radical (unpaired) electrons. The molecule has 0 fully saturated rings. The van der Waals surface area contributed by atoms with Crippen LogP contribution in [-0.4, -0.2) is 31.7 Å². The summed E-state index contributed by atoms with van der Waals surface area (Å²) in [4.78, 5) is 35.8. The van der Waals surface area contributed by atoms with Gasteiger partial charge in [0.2, 0.25) is 0 Å². The minimum atomic E-state index is -0.675. The normalized spacial score (nSPS) is 16.2. The Morgan fingerprint density at radius 1 is 0.967 bits per heavy atom. The quantitative estimate of drug-likeness (QED) is 0.657. The number of amides is 1. The van der Waals surface area contributed by atoms with E-state index in [9.17, 15) is 14.7 Å². The van der Waals surface area contributed by atoms with Crippen molar-refractivity contribution in [2.45, 2.75) is 25.4 Å². The number of benzene rings is 1. The largest absolute Gasteiger partial charge is 0.503 e. The van der Waals surface area contributed by atoms with Gasteiger partial charge in [0.25, 0.3) is 5.91 Å². The van der Waals surface area contributed by atoms with Crippen molar-refractivity contribution in [3.05, 3.63) is 107 Å². The summed E-state index contributed by atoms with van der Waals surface area (Å²) in [5, 5.41) is 10.6. The molecule has 6 heteroatoms. The first-order valence-electron chi connectivity index (χ1n) is 9.76. The van der Waals surface area contributed by atoms with Crippen LogP contribution in [0.25, 0.3) is 0 Å². The van der Waals surface area contributed by atoms with Crippen molar-refractivity contribution in [3.63, 3.8) is 0 Å². The lowest BCUT2D eigenvalue weighted by Crippen LogP contribution is -2.31. The summed E-state index contributed by atoms with van der Waals surface area (Å²) in [6.07, 6.45) is 5.61. The van der Waals surface area contributed by atoms with Crippen LogP contribution in [0.5, 0.6) is 0 Å². The Hall–Kier alpha value is -3.80. The summed E-state index contributed by atoms with van der Waals surface area (Å²) in [7, 11) is 0. The molecular formula is C24H21N3O3. The van der Waals surface area contributed by atoms with Crippen LogP contribution < -0.4 is 0 Å². The van der Waals surface area contributed by atoms with Gasteiger partial charge in [0.15, 0.2) is 11.5 Å². The Bertz CT molecular complexity index is 1070. The zero-order valence-electron chi connectivity index (χ0n) is 16.3. The molecule has 0 bridgehead atoms. The summed E-state index contributed by atoms with van der Waals surface area (Å²) in [6, 6.07) is 17.9. The number of ketones is 1. The molecule has 3 heterocycles. The van der Waals surface area contributed by atoms with Gasteiger partial charge in [-0.1, -0.05) is 36.4 Å². The summed E-state index contributed by atoms with van der Waals surface area (Å²) in [5.41, 5.74) is 2.57. The molecule has 4 rings (SSSR count). The molecule has 1 aliphatic rings. The van der Waals surface area contributed by atoms with Crippen LogP contribution in [0.2, 0.25) is 0 Å². The zero-order chi connectivity index (χ0) is 20.9. The number of rotatable bonds is 7. The predicted octanol–water partition coefficient (Wildman–Crippen LogP) is 3.57. The third kappa shape index (κ3) is 3.98. The minimum absolute atomic E-state index is 0.137. The van der Waals surface area contributed by atoms with Gasteiger partial charge in [0.05, 0.1) is 23.9 Å². The Balaban J connectivity index is 1.64. The summed E-state index contributed by atoms with van der Waals surface area (Å²) >= 11 is 0. The molecule has 1 amide bonds. The molecule has 1 aromatic carbocycles. The monoisotopic (exact) mass is 399 g/mol. The lowest BCUT2D eigenvalue weighted by Gasteiger charge is -2.26. The number of Topliss-reactive ketones (excluding diaryl/α,β-unsaturated/α-hetero) is 1. The second kappa shape index (κ2) is 8.69. The second-order valence-corrected chi connectivity index (χ2v) is 7.11. The second-order valence-electron chi connectivity index (χ2n) is 7.11. The lowest BCUT2D eigenvalue weighted by atomic mass is 9.93. The standard InChI is InChI=1S/C24H21N3O3/c28-20(10-9-17-6-2-1-3-7-17)21-22(18-11-14-25-15-12-18)27(24(30)23(21)29)16-19-8-4-5-13-26-19/h1-8,11-15,22,29H,9-10,16H2. The number of aryl methyl sites for hydroxylation is 1. The van der Waals surface area contributed by atoms with Crippen LogP contribution >= 0.6 is 0 Å². The number of aliphatic hydroxyl groups excluding tert-OH is 1. The SMILES string of the molecule is O=C(CCc1ccccc1)C1=C(O)C(=O)N(Cc2ccccn2)C1c1ccncc1. The van der Waals surface area contributed by atoms with Crippen LogP contribution in [0.4, 0.5) is 0 Å². The van der Waals surface area contributed by atoms with Gasteiger partial charge in [-0.3, -0.25) is 19.6 Å². The van der Waals surface area contributed by atoms with E-state index >= 15 is 0 Å². The molecule has 150 valence electrons. The van der Waals surface area contributed by atoms with Gasteiger partial charge in [-0.15, -0.1) is 0 Å². The first-order chi connectivity index (χ1) is 14.6. The van der Waals surface area contributed by atoms with E-state index in [2.05, 4.69) is 9.97 Å². The van der Waals surface area contributed by atoms with E-state index in [0.29, 0.717) is 12.1 Å². The number of nitrogens with zero attached hydrogens (tertiary/aromatic N) is 3. The van der Waals surface area contributed by atoms with Crippen LogP contribution in [0, 0.1) is 0 Å². The molecule has 0 spiro atoms. The number of carbonyl (C=O) groups is 2. The van der Waals surface area contributed by atoms with Gasteiger partial charge >= 0.3 is 0 Å². The molecule has 1 aliphatic heterocycles. The van der Waals surface area contributed by atoms with Crippen LogP contribution in [0.15, 0.2) is 90.6 Å². The van der Waals surface area contributed by atoms with Gasteiger partial charge in [0.1, 0.15) is 0 Å². The summed E-state index contributed by atoms with van der Waals surface area (Å²) < 4.78 is 0. The maximum Gasteiger partial charge on any atom is 0.290 e. The molecule has 6 nitrogen and oxygen atoms in total. The summed E-state index contributed by atoms with van der Waals surface area (Å²) in [5.74, 6) is -1.29. The minimum Gasteiger partial charge on any atom is -0.503 e. The van der Waals surface area contributed by atoms with E-state index in [0.717, 1.165) is 11.1 Å². The smallest absolute Gasteiger partial charge is 0.290 e. The van der Waals surface area contributed by atoms with Crippen molar-refractivity contribution in [2.75, 3.05) is 0 Å². The maximum absolute atomic E-state index is 13.1. The molecule has 2 aromatic heterocycles. The lowest BCUT2D eigenvalue weighted by molar-refractivity contribution is -0.130. The molecular weight excluding hydrogens is 378 g/mol. The highest BCUT2D eigenvalue weighted by Gasteiger charge is 2.43. The van der Waals surface area contributed by atoms with E-state index < -0.39 is 17.7 Å². The Morgan fingerprint density at radius 3 is 2.40 bits per heavy atom. The summed E-state index contributed by atoms with van der Waals surface area (Å²) in [6.45, 7) is 0.187. The average molecular weight is 399 g/mol. The molecule has 0 aliphatic carbocycles. The van der Waals surface area contributed by atoms with Crippen LogP contribution in [0.3, 0.4) is 0 Å². The average Bonchev–Trinajstić information content (AvgIpc) is 3.04. The van der Waals surface area contributed by atoms with Crippen molar-refractivity contribution < 1.29 is 14.7 Å². The first kappa shape index (κ1) is 19.5. The fourth-order valence-electron chi connectivity index (χ4n) is 3.70. The van der Waals surface area contributed by atoms with E-state index in [-0.39, 0.29) is 24.3 Å². The number of carbonyl (C=O) groups excluding carboxylic acids is 2. The molecule has 30 heavy (non-hydrogen) atoms. The van der Waals surface area contributed by atoms with Crippen LogP contribution in [-0.2, 0) is 22.6 Å². The van der Waals surface area contributed by atoms with Gasteiger partial charge in [-0.25, -0.2) is 0 Å². The number of aromatic nitrogens is 2. The van der Waals surface area contributed by atoms with Crippen molar-refractivity contribution in [3.8, 4) is 0 Å². The Kier molecular flexibility index (Phi) is 5.66. The van der Waals surface area contributed by atoms with Gasteiger partial charge in [-0.2, -0.15) is 0 Å². The topological polar surface area (TPSA) is 83.4 Å². The molecule has 0 saturated heterocycles. The van der Waals surface area contributed by atoms with E-state index in [1.165, 1.54) is 4.90 Å².